The summed E-state index contributed by atoms with van der Waals surface area (Å²) in [6, 6.07) is 14.4. The van der Waals surface area contributed by atoms with E-state index in [1.54, 1.807) is 18.1 Å². The van der Waals surface area contributed by atoms with Crippen LogP contribution in [0.3, 0.4) is 0 Å². The summed E-state index contributed by atoms with van der Waals surface area (Å²) in [5.41, 5.74) is 3.43. The molecule has 2 aromatic carbocycles. The highest BCUT2D eigenvalue weighted by atomic mass is 16.7. The highest BCUT2D eigenvalue weighted by molar-refractivity contribution is 5.95. The van der Waals surface area contributed by atoms with Crippen molar-refractivity contribution in [3.05, 3.63) is 59.7 Å². The second-order valence-corrected chi connectivity index (χ2v) is 13.8. The Bertz CT molecular complexity index is 1400. The van der Waals surface area contributed by atoms with Gasteiger partial charge in [-0.15, -0.1) is 0 Å². The molecule has 6 rings (SSSR count). The van der Waals surface area contributed by atoms with Gasteiger partial charge in [0.05, 0.1) is 19.3 Å². The summed E-state index contributed by atoms with van der Waals surface area (Å²) in [5, 5.41) is 31.3. The number of rotatable bonds is 11. The summed E-state index contributed by atoms with van der Waals surface area (Å²) in [7, 11) is 0. The number of hydrogen-bond donors (Lipinski definition) is 5. The third-order valence-corrected chi connectivity index (χ3v) is 10.6. The van der Waals surface area contributed by atoms with E-state index in [-0.39, 0.29) is 36.9 Å². The molecule has 10 nitrogen and oxygen atoms in total. The number of aliphatic hydroxyl groups excluding tert-OH is 2. The number of nitrogens with one attached hydrogen (secondary N) is 3. The number of carbonyl (C=O) groups is 3. The van der Waals surface area contributed by atoms with Gasteiger partial charge in [0, 0.05) is 37.5 Å². The second kappa shape index (κ2) is 13.6. The number of hydrogen-bond acceptors (Lipinski definition) is 7. The molecule has 4 aliphatic rings. The van der Waals surface area contributed by atoms with E-state index in [0.717, 1.165) is 23.1 Å². The van der Waals surface area contributed by atoms with Gasteiger partial charge in [0.2, 0.25) is 11.8 Å². The maximum Gasteiger partial charge on any atom is 0.251 e. The fourth-order valence-electron chi connectivity index (χ4n) is 7.87. The molecule has 3 saturated carbocycles. The van der Waals surface area contributed by atoms with Crippen LogP contribution in [0.15, 0.2) is 48.5 Å². The smallest absolute Gasteiger partial charge is 0.251 e. The van der Waals surface area contributed by atoms with Crippen molar-refractivity contribution >= 4 is 17.7 Å². The summed E-state index contributed by atoms with van der Waals surface area (Å²) in [6.07, 6.45) is 0.588. The molecule has 0 aromatic heterocycles. The topological polar surface area (TPSA) is 140 Å². The number of amides is 3. The lowest BCUT2D eigenvalue weighted by Gasteiger charge is -2.62. The Morgan fingerprint density at radius 3 is 2.38 bits per heavy atom. The molecule has 2 aromatic rings. The van der Waals surface area contributed by atoms with E-state index in [2.05, 4.69) is 36.7 Å². The van der Waals surface area contributed by atoms with Crippen LogP contribution in [0, 0.1) is 29.1 Å². The summed E-state index contributed by atoms with van der Waals surface area (Å²) in [5.74, 6) is 0.371. The normalized spacial score (nSPS) is 29.4. The molecule has 5 N–H and O–H groups in total. The molecule has 10 heteroatoms. The zero-order valence-electron chi connectivity index (χ0n) is 27.0. The lowest BCUT2D eigenvalue weighted by atomic mass is 9.45. The molecule has 8 atom stereocenters. The molecular weight excluding hydrogens is 572 g/mol. The molecule has 0 radical (unpaired) electrons. The summed E-state index contributed by atoms with van der Waals surface area (Å²) in [6.45, 7) is 10.6. The van der Waals surface area contributed by atoms with Gasteiger partial charge in [-0.25, -0.2) is 0 Å². The summed E-state index contributed by atoms with van der Waals surface area (Å²) >= 11 is 0. The van der Waals surface area contributed by atoms with Crippen LogP contribution in [-0.4, -0.2) is 77.0 Å². The predicted molar refractivity (Wildman–Crippen MR) is 170 cm³/mol. The third-order valence-electron chi connectivity index (χ3n) is 10.6. The van der Waals surface area contributed by atoms with Gasteiger partial charge in [0.25, 0.3) is 5.91 Å². The fourth-order valence-corrected chi connectivity index (χ4v) is 7.87. The van der Waals surface area contributed by atoms with E-state index in [0.29, 0.717) is 41.8 Å². The molecule has 1 aliphatic heterocycles. The lowest BCUT2D eigenvalue weighted by molar-refractivity contribution is -0.183. The van der Waals surface area contributed by atoms with Crippen LogP contribution in [0.4, 0.5) is 0 Å². The van der Waals surface area contributed by atoms with Gasteiger partial charge in [-0.2, -0.15) is 5.06 Å². The van der Waals surface area contributed by atoms with Crippen molar-refractivity contribution in [2.75, 3.05) is 19.7 Å². The average molecular weight is 621 g/mol. The monoisotopic (exact) mass is 620 g/mol. The first-order valence-corrected chi connectivity index (χ1v) is 16.2. The standard InChI is InChI=1S/C35H48N4O6/c1-20-28-16-27(35(28,4)5)17-29(20)38-34(44)32-31(21(2)41)30(19-40)45-39(32)18-23-8-6-9-24(14-23)25-10-7-11-26(15-25)33(43)37-13-12-36-22(3)42/h6-11,14-15,20-21,27-32,40-41H,12-13,16-19H2,1-5H3,(H,36,42)(H,37,43)(H,38,44)/t20-,21-,27-,28+,29-,30-,31+,32-/m0/s1. The number of benzene rings is 2. The minimum atomic E-state index is -0.863. The van der Waals surface area contributed by atoms with Crippen molar-refractivity contribution in [3.8, 4) is 11.1 Å². The Balaban J connectivity index is 1.31. The first kappa shape index (κ1) is 33.1. The molecule has 45 heavy (non-hydrogen) atoms. The molecule has 1 heterocycles. The van der Waals surface area contributed by atoms with Crippen molar-refractivity contribution in [2.24, 2.45) is 29.1 Å². The zero-order chi connectivity index (χ0) is 32.5. The van der Waals surface area contributed by atoms with E-state index in [4.69, 9.17) is 4.84 Å². The minimum Gasteiger partial charge on any atom is -0.394 e. The van der Waals surface area contributed by atoms with E-state index < -0.39 is 24.2 Å². The Kier molecular flexibility index (Phi) is 9.98. The van der Waals surface area contributed by atoms with E-state index >= 15 is 0 Å². The Hall–Kier alpha value is -3.31. The molecule has 1 saturated heterocycles. The van der Waals surface area contributed by atoms with E-state index in [1.807, 2.05) is 42.5 Å². The molecule has 3 aliphatic carbocycles. The highest BCUT2D eigenvalue weighted by Gasteiger charge is 2.57. The Morgan fingerprint density at radius 2 is 1.73 bits per heavy atom. The number of carbonyl (C=O) groups excluding carboxylic acids is 3. The van der Waals surface area contributed by atoms with Gasteiger partial charge in [0.15, 0.2) is 0 Å². The van der Waals surface area contributed by atoms with Gasteiger partial charge in [0.1, 0.15) is 12.1 Å². The maximum absolute atomic E-state index is 14.0. The third kappa shape index (κ3) is 6.94. The van der Waals surface area contributed by atoms with Crippen LogP contribution < -0.4 is 16.0 Å². The van der Waals surface area contributed by atoms with Crippen LogP contribution >= 0.6 is 0 Å². The van der Waals surface area contributed by atoms with Crippen LogP contribution in [-0.2, 0) is 21.0 Å². The highest BCUT2D eigenvalue weighted by Crippen LogP contribution is 2.61. The number of hydroxylamine groups is 2. The lowest BCUT2D eigenvalue weighted by Crippen LogP contribution is -2.62. The SMILES string of the molecule is CC(=O)NCCNC(=O)c1cccc(-c2cccc(CN3O[C@@H](CO)[C@@H]([C@H](C)O)[C@H]3C(=O)N[C@H]3C[C@@H]4C[C@H]([C@@H]3C)C4(C)C)c2)c1. The number of nitrogens with zero attached hydrogens (tertiary/aromatic N) is 1. The summed E-state index contributed by atoms with van der Waals surface area (Å²) in [4.78, 5) is 43.9. The van der Waals surface area contributed by atoms with Gasteiger partial charge < -0.3 is 26.2 Å². The van der Waals surface area contributed by atoms with Crippen molar-refractivity contribution in [1.82, 2.24) is 21.0 Å². The van der Waals surface area contributed by atoms with Crippen LogP contribution in [0.5, 0.6) is 0 Å². The van der Waals surface area contributed by atoms with Crippen LogP contribution in [0.25, 0.3) is 11.1 Å². The molecule has 4 fully saturated rings. The first-order valence-electron chi connectivity index (χ1n) is 16.2. The van der Waals surface area contributed by atoms with Crippen molar-refractivity contribution in [1.29, 1.82) is 0 Å². The minimum absolute atomic E-state index is 0.0668. The Morgan fingerprint density at radius 1 is 1.04 bits per heavy atom. The zero-order valence-corrected chi connectivity index (χ0v) is 27.0. The molecule has 2 bridgehead atoms. The Labute approximate surface area is 265 Å². The van der Waals surface area contributed by atoms with Gasteiger partial charge >= 0.3 is 0 Å². The maximum atomic E-state index is 14.0. The predicted octanol–water partition coefficient (Wildman–Crippen LogP) is 2.88. The number of fused-ring (bicyclic) bond motifs is 2. The molecule has 0 spiro atoms. The van der Waals surface area contributed by atoms with E-state index in [9.17, 15) is 24.6 Å². The molecule has 0 unspecified atom stereocenters. The largest absolute Gasteiger partial charge is 0.394 e. The van der Waals surface area contributed by atoms with Gasteiger partial charge in [-0.1, -0.05) is 51.1 Å². The molecule has 244 valence electrons. The number of aliphatic hydroxyl groups is 2. The van der Waals surface area contributed by atoms with Gasteiger partial charge in [-0.05, 0) is 77.8 Å². The van der Waals surface area contributed by atoms with Crippen molar-refractivity contribution in [3.63, 3.8) is 0 Å². The van der Waals surface area contributed by atoms with Crippen molar-refractivity contribution < 1.29 is 29.4 Å². The average Bonchev–Trinajstić information content (AvgIpc) is 3.38. The molecule has 3 amide bonds. The van der Waals surface area contributed by atoms with Crippen LogP contribution in [0.1, 0.15) is 63.4 Å². The quantitative estimate of drug-likeness (QED) is 0.244. The molecular formula is C35H48N4O6. The first-order chi connectivity index (χ1) is 21.4. The van der Waals surface area contributed by atoms with Crippen molar-refractivity contribution in [2.45, 2.75) is 78.3 Å². The second-order valence-electron chi connectivity index (χ2n) is 13.8. The van der Waals surface area contributed by atoms with E-state index in [1.165, 1.54) is 13.3 Å². The fraction of sp³-hybridized carbons (Fsp3) is 0.571. The summed E-state index contributed by atoms with van der Waals surface area (Å²) < 4.78 is 0. The van der Waals surface area contributed by atoms with Crippen LogP contribution in [0.2, 0.25) is 0 Å². The van der Waals surface area contributed by atoms with Gasteiger partial charge in [-0.3, -0.25) is 19.2 Å².